The van der Waals surface area contributed by atoms with E-state index >= 15 is 0 Å². The molecular formula is C16H18N4OS. The Balaban J connectivity index is 2.09. The molecule has 1 amide bonds. The van der Waals surface area contributed by atoms with Gasteiger partial charge in [0.2, 0.25) is 11.0 Å². The number of aryl methyl sites for hydroxylation is 3. The number of anilines is 1. The number of carbonyl (C=O) groups excluding carboxylic acids is 1. The molecule has 0 saturated heterocycles. The van der Waals surface area contributed by atoms with Crippen molar-refractivity contribution in [3.63, 3.8) is 0 Å². The molecule has 0 aliphatic rings. The number of aromatic nitrogens is 3. The first kappa shape index (κ1) is 14.7. The largest absolute Gasteiger partial charge is 0.311 e. The summed E-state index contributed by atoms with van der Waals surface area (Å²) in [6, 6.07) is 6.09. The van der Waals surface area contributed by atoms with Crippen molar-refractivity contribution in [2.45, 2.75) is 34.1 Å². The predicted octanol–water partition coefficient (Wildman–Crippen LogP) is 3.76. The first-order valence-corrected chi connectivity index (χ1v) is 8.04. The van der Waals surface area contributed by atoms with Gasteiger partial charge in [-0.2, -0.15) is 9.78 Å². The Morgan fingerprint density at radius 3 is 2.68 bits per heavy atom. The van der Waals surface area contributed by atoms with Gasteiger partial charge in [0.05, 0.1) is 15.9 Å². The molecule has 6 heteroatoms. The van der Waals surface area contributed by atoms with Crippen LogP contribution in [0.1, 0.15) is 30.2 Å². The molecule has 2 heterocycles. The minimum atomic E-state index is -0.0334. The van der Waals surface area contributed by atoms with Crippen LogP contribution in [-0.2, 0) is 4.79 Å². The highest BCUT2D eigenvalue weighted by molar-refractivity contribution is 7.20. The molecule has 114 valence electrons. The van der Waals surface area contributed by atoms with Gasteiger partial charge in [-0.15, -0.1) is 0 Å². The van der Waals surface area contributed by atoms with E-state index in [4.69, 9.17) is 0 Å². The van der Waals surface area contributed by atoms with E-state index in [0.29, 0.717) is 12.2 Å². The van der Waals surface area contributed by atoms with Crippen LogP contribution in [0.15, 0.2) is 18.2 Å². The molecule has 0 unspecified atom stereocenters. The van der Waals surface area contributed by atoms with E-state index in [9.17, 15) is 4.79 Å². The molecule has 5 nitrogen and oxygen atoms in total. The minimum Gasteiger partial charge on any atom is -0.311 e. The molecule has 1 aromatic carbocycles. The van der Waals surface area contributed by atoms with Gasteiger partial charge < -0.3 is 5.32 Å². The molecule has 0 fully saturated rings. The second-order valence-electron chi connectivity index (χ2n) is 5.39. The van der Waals surface area contributed by atoms with Gasteiger partial charge in [0.15, 0.2) is 0 Å². The first-order valence-electron chi connectivity index (χ1n) is 7.22. The van der Waals surface area contributed by atoms with E-state index in [0.717, 1.165) is 21.0 Å². The van der Waals surface area contributed by atoms with Gasteiger partial charge in [0.1, 0.15) is 5.82 Å². The van der Waals surface area contributed by atoms with Crippen LogP contribution in [0.3, 0.4) is 0 Å². The third kappa shape index (κ3) is 2.62. The number of amides is 1. The molecule has 3 rings (SSSR count). The number of rotatable bonds is 3. The van der Waals surface area contributed by atoms with Crippen molar-refractivity contribution in [3.05, 3.63) is 35.0 Å². The summed E-state index contributed by atoms with van der Waals surface area (Å²) < 4.78 is 2.83. The summed E-state index contributed by atoms with van der Waals surface area (Å²) in [6.07, 6.45) is 0.433. The molecule has 22 heavy (non-hydrogen) atoms. The smallest absolute Gasteiger partial charge is 0.225 e. The molecule has 1 N–H and O–H groups in total. The number of nitrogens with one attached hydrogen (secondary N) is 1. The van der Waals surface area contributed by atoms with Crippen molar-refractivity contribution in [1.82, 2.24) is 14.8 Å². The van der Waals surface area contributed by atoms with Crippen LogP contribution in [-0.4, -0.2) is 20.7 Å². The second kappa shape index (κ2) is 5.53. The maximum Gasteiger partial charge on any atom is 0.225 e. The Morgan fingerprint density at radius 2 is 1.95 bits per heavy atom. The maximum absolute atomic E-state index is 11.7. The van der Waals surface area contributed by atoms with Gasteiger partial charge in [-0.05, 0) is 44.0 Å². The van der Waals surface area contributed by atoms with Crippen LogP contribution in [0.4, 0.5) is 5.82 Å². The molecular weight excluding hydrogens is 296 g/mol. The molecule has 3 aromatic rings. The third-order valence-corrected chi connectivity index (χ3v) is 4.59. The van der Waals surface area contributed by atoms with Crippen LogP contribution < -0.4 is 5.32 Å². The fourth-order valence-electron chi connectivity index (χ4n) is 2.22. The molecule has 0 atom stereocenters. The SMILES string of the molecule is CCC(=O)Nc1cc(C)nn1-c1nc2cc(C)c(C)cc2s1. The summed E-state index contributed by atoms with van der Waals surface area (Å²) in [5, 5.41) is 8.10. The van der Waals surface area contributed by atoms with Crippen LogP contribution in [0.5, 0.6) is 0 Å². The van der Waals surface area contributed by atoms with Crippen molar-refractivity contribution in [3.8, 4) is 5.13 Å². The normalized spacial score (nSPS) is 11.1. The lowest BCUT2D eigenvalue weighted by atomic mass is 10.1. The number of benzene rings is 1. The van der Waals surface area contributed by atoms with E-state index in [2.05, 4.69) is 41.4 Å². The Labute approximate surface area is 133 Å². The number of hydrogen-bond acceptors (Lipinski definition) is 4. The quantitative estimate of drug-likeness (QED) is 0.801. The summed E-state index contributed by atoms with van der Waals surface area (Å²) in [4.78, 5) is 16.3. The summed E-state index contributed by atoms with van der Waals surface area (Å²) >= 11 is 1.57. The van der Waals surface area contributed by atoms with E-state index in [1.54, 1.807) is 16.0 Å². The standard InChI is InChI=1S/C16H18N4OS/c1-5-15(21)18-14-8-11(4)19-20(14)16-17-12-6-9(2)10(3)7-13(12)22-16/h6-8H,5H2,1-4H3,(H,18,21). The molecule has 0 radical (unpaired) electrons. The summed E-state index contributed by atoms with van der Waals surface area (Å²) in [5.41, 5.74) is 4.28. The lowest BCUT2D eigenvalue weighted by Crippen LogP contribution is -2.13. The summed E-state index contributed by atoms with van der Waals surface area (Å²) in [7, 11) is 0. The highest BCUT2D eigenvalue weighted by Gasteiger charge is 2.14. The molecule has 0 bridgehead atoms. The van der Waals surface area contributed by atoms with Gasteiger partial charge in [0.25, 0.3) is 0 Å². The maximum atomic E-state index is 11.7. The zero-order chi connectivity index (χ0) is 15.9. The minimum absolute atomic E-state index is 0.0334. The van der Waals surface area contributed by atoms with E-state index in [1.807, 2.05) is 19.9 Å². The topological polar surface area (TPSA) is 59.8 Å². The van der Waals surface area contributed by atoms with E-state index in [-0.39, 0.29) is 5.91 Å². The highest BCUT2D eigenvalue weighted by atomic mass is 32.1. The van der Waals surface area contributed by atoms with Crippen molar-refractivity contribution >= 4 is 33.3 Å². The van der Waals surface area contributed by atoms with Crippen molar-refractivity contribution in [2.24, 2.45) is 0 Å². The predicted molar refractivity (Wildman–Crippen MR) is 89.9 cm³/mol. The molecule has 2 aromatic heterocycles. The van der Waals surface area contributed by atoms with Crippen LogP contribution in [0.25, 0.3) is 15.3 Å². The van der Waals surface area contributed by atoms with Gasteiger partial charge in [0, 0.05) is 12.5 Å². The average Bonchev–Trinajstić information content (AvgIpc) is 3.02. The Kier molecular flexibility index (Phi) is 3.70. The van der Waals surface area contributed by atoms with Crippen LogP contribution >= 0.6 is 11.3 Å². The van der Waals surface area contributed by atoms with Crippen LogP contribution in [0, 0.1) is 20.8 Å². The van der Waals surface area contributed by atoms with Crippen molar-refractivity contribution in [2.75, 3.05) is 5.32 Å². The zero-order valence-corrected chi connectivity index (χ0v) is 13.9. The fraction of sp³-hybridized carbons (Fsp3) is 0.312. The van der Waals surface area contributed by atoms with Crippen LogP contribution in [0.2, 0.25) is 0 Å². The Bertz CT molecular complexity index is 824. The molecule has 0 saturated carbocycles. The summed E-state index contributed by atoms with van der Waals surface area (Å²) in [6.45, 7) is 7.91. The third-order valence-electron chi connectivity index (χ3n) is 3.59. The zero-order valence-electron chi connectivity index (χ0n) is 13.1. The number of fused-ring (bicyclic) bond motifs is 1. The molecule has 0 aliphatic carbocycles. The van der Waals surface area contributed by atoms with Gasteiger partial charge >= 0.3 is 0 Å². The van der Waals surface area contributed by atoms with Crippen molar-refractivity contribution < 1.29 is 4.79 Å². The number of thiazole rings is 1. The number of nitrogens with zero attached hydrogens (tertiary/aromatic N) is 3. The molecule has 0 aliphatic heterocycles. The lowest BCUT2D eigenvalue weighted by Gasteiger charge is -2.04. The van der Waals surface area contributed by atoms with Gasteiger partial charge in [-0.3, -0.25) is 4.79 Å². The van der Waals surface area contributed by atoms with E-state index in [1.165, 1.54) is 11.1 Å². The average molecular weight is 314 g/mol. The fourth-order valence-corrected chi connectivity index (χ4v) is 3.24. The molecule has 0 spiro atoms. The van der Waals surface area contributed by atoms with E-state index < -0.39 is 0 Å². The lowest BCUT2D eigenvalue weighted by molar-refractivity contribution is -0.115. The monoisotopic (exact) mass is 314 g/mol. The van der Waals surface area contributed by atoms with Gasteiger partial charge in [-0.25, -0.2) is 4.98 Å². The highest BCUT2D eigenvalue weighted by Crippen LogP contribution is 2.29. The number of carbonyl (C=O) groups is 1. The van der Waals surface area contributed by atoms with Crippen molar-refractivity contribution in [1.29, 1.82) is 0 Å². The summed E-state index contributed by atoms with van der Waals surface area (Å²) in [5.74, 6) is 0.630. The van der Waals surface area contributed by atoms with Gasteiger partial charge in [-0.1, -0.05) is 18.3 Å². The second-order valence-corrected chi connectivity index (χ2v) is 6.39. The Hall–Kier alpha value is -2.21. The first-order chi connectivity index (χ1) is 10.5. The Morgan fingerprint density at radius 1 is 1.23 bits per heavy atom. The number of hydrogen-bond donors (Lipinski definition) is 1.